The Kier molecular flexibility index (Phi) is 2.40. The number of rotatable bonds is 0. The van der Waals surface area contributed by atoms with Crippen LogP contribution in [0.4, 0.5) is 13.2 Å². The Morgan fingerprint density at radius 3 is 2.42 bits per heavy atom. The molecular weight excluding hydrogens is 165 g/mol. The van der Waals surface area contributed by atoms with Crippen molar-refractivity contribution in [3.05, 3.63) is 35.5 Å². The van der Waals surface area contributed by atoms with Crippen LogP contribution in [-0.2, 0) is 0 Å². The standard InChI is InChI=1S/C9H9F3/c1-7-3-2-4-8(6-5-7)9(10,11)12/h3-6H,2H2,1H3. The van der Waals surface area contributed by atoms with Crippen molar-refractivity contribution in [2.24, 2.45) is 0 Å². The minimum absolute atomic E-state index is 0.355. The van der Waals surface area contributed by atoms with Gasteiger partial charge < -0.3 is 0 Å². The maximum absolute atomic E-state index is 12.1. The van der Waals surface area contributed by atoms with Gasteiger partial charge in [-0.05, 0) is 13.3 Å². The molecule has 0 aromatic carbocycles. The summed E-state index contributed by atoms with van der Waals surface area (Å²) in [7, 11) is 0. The van der Waals surface area contributed by atoms with Crippen LogP contribution in [0.1, 0.15) is 13.3 Å². The Bertz CT molecular complexity index is 253. The van der Waals surface area contributed by atoms with E-state index in [4.69, 9.17) is 0 Å². The highest BCUT2D eigenvalue weighted by Crippen LogP contribution is 2.28. The summed E-state index contributed by atoms with van der Waals surface area (Å²) in [5, 5.41) is 0. The molecule has 1 aliphatic carbocycles. The van der Waals surface area contributed by atoms with Crippen LogP contribution in [0, 0.1) is 0 Å². The van der Waals surface area contributed by atoms with Crippen molar-refractivity contribution in [1.82, 2.24) is 0 Å². The molecule has 0 unspecified atom stereocenters. The molecule has 0 aromatic rings. The molecular formula is C9H9F3. The second-order valence-corrected chi connectivity index (χ2v) is 2.67. The lowest BCUT2D eigenvalue weighted by Gasteiger charge is -2.05. The van der Waals surface area contributed by atoms with Crippen LogP contribution in [-0.4, -0.2) is 6.18 Å². The molecule has 0 amide bonds. The van der Waals surface area contributed by atoms with E-state index in [9.17, 15) is 13.2 Å². The van der Waals surface area contributed by atoms with E-state index in [1.165, 1.54) is 12.2 Å². The Labute approximate surface area is 69.1 Å². The molecule has 1 aliphatic rings. The fourth-order valence-corrected chi connectivity index (χ4v) is 0.939. The molecule has 0 radical (unpaired) electrons. The highest BCUT2D eigenvalue weighted by Gasteiger charge is 2.31. The third-order valence-electron chi connectivity index (χ3n) is 1.63. The number of halogens is 3. The number of allylic oxidation sites excluding steroid dienone is 6. The molecule has 0 saturated heterocycles. The van der Waals surface area contributed by atoms with Crippen LogP contribution in [0.15, 0.2) is 35.5 Å². The molecule has 66 valence electrons. The first-order valence-electron chi connectivity index (χ1n) is 3.62. The van der Waals surface area contributed by atoms with Gasteiger partial charge in [-0.1, -0.05) is 29.9 Å². The molecule has 0 N–H and O–H groups in total. The van der Waals surface area contributed by atoms with E-state index in [0.717, 1.165) is 11.6 Å². The van der Waals surface area contributed by atoms with Crippen LogP contribution >= 0.6 is 0 Å². The van der Waals surface area contributed by atoms with Gasteiger partial charge >= 0.3 is 6.18 Å². The Hall–Kier alpha value is -0.990. The monoisotopic (exact) mass is 174 g/mol. The molecule has 0 spiro atoms. The quantitative estimate of drug-likeness (QED) is 0.528. The summed E-state index contributed by atoms with van der Waals surface area (Å²) in [6.07, 6.45) is 1.68. The van der Waals surface area contributed by atoms with Crippen LogP contribution in [0.5, 0.6) is 0 Å². The zero-order valence-corrected chi connectivity index (χ0v) is 6.65. The SMILES string of the molecule is CC1=CCC=C(C(F)(F)F)C=C1. The summed E-state index contributed by atoms with van der Waals surface area (Å²) >= 11 is 0. The van der Waals surface area contributed by atoms with Crippen LogP contribution < -0.4 is 0 Å². The van der Waals surface area contributed by atoms with Gasteiger partial charge in [0.2, 0.25) is 0 Å². The normalized spacial score (nSPS) is 18.3. The van der Waals surface area contributed by atoms with Crippen molar-refractivity contribution in [2.45, 2.75) is 19.5 Å². The summed E-state index contributed by atoms with van der Waals surface area (Å²) < 4.78 is 36.3. The van der Waals surface area contributed by atoms with E-state index in [-0.39, 0.29) is 0 Å². The summed E-state index contributed by atoms with van der Waals surface area (Å²) in [4.78, 5) is 0. The third-order valence-corrected chi connectivity index (χ3v) is 1.63. The minimum Gasteiger partial charge on any atom is -0.166 e. The Morgan fingerprint density at radius 2 is 1.83 bits per heavy atom. The molecule has 1 rings (SSSR count). The predicted octanol–water partition coefficient (Wildman–Crippen LogP) is 3.38. The largest absolute Gasteiger partial charge is 0.416 e. The van der Waals surface area contributed by atoms with Crippen molar-refractivity contribution in [3.8, 4) is 0 Å². The second kappa shape index (κ2) is 3.17. The fourth-order valence-electron chi connectivity index (χ4n) is 0.939. The molecule has 0 aliphatic heterocycles. The lowest BCUT2D eigenvalue weighted by atomic mass is 10.2. The zero-order chi connectivity index (χ0) is 9.19. The summed E-state index contributed by atoms with van der Waals surface area (Å²) in [5.41, 5.74) is 0.307. The lowest BCUT2D eigenvalue weighted by molar-refractivity contribution is -0.0883. The van der Waals surface area contributed by atoms with Gasteiger partial charge in [-0.3, -0.25) is 0 Å². The van der Waals surface area contributed by atoms with Gasteiger partial charge in [-0.25, -0.2) is 0 Å². The van der Waals surface area contributed by atoms with Gasteiger partial charge in [0.25, 0.3) is 0 Å². The van der Waals surface area contributed by atoms with Gasteiger partial charge in [0.1, 0.15) is 0 Å². The van der Waals surface area contributed by atoms with Crippen molar-refractivity contribution in [1.29, 1.82) is 0 Å². The van der Waals surface area contributed by atoms with Crippen molar-refractivity contribution >= 4 is 0 Å². The van der Waals surface area contributed by atoms with E-state index >= 15 is 0 Å². The molecule has 0 heterocycles. The number of hydrogen-bond donors (Lipinski definition) is 0. The Balaban J connectivity index is 2.85. The first kappa shape index (κ1) is 9.10. The second-order valence-electron chi connectivity index (χ2n) is 2.67. The van der Waals surface area contributed by atoms with Crippen molar-refractivity contribution in [2.75, 3.05) is 0 Å². The summed E-state index contributed by atoms with van der Waals surface area (Å²) in [6, 6.07) is 0. The molecule has 0 atom stereocenters. The Morgan fingerprint density at radius 1 is 1.17 bits per heavy atom. The fraction of sp³-hybridized carbons (Fsp3) is 0.333. The minimum atomic E-state index is -4.21. The first-order chi connectivity index (χ1) is 5.50. The van der Waals surface area contributed by atoms with E-state index in [0.29, 0.717) is 6.42 Å². The molecule has 0 fully saturated rings. The van der Waals surface area contributed by atoms with E-state index in [1.54, 1.807) is 13.0 Å². The molecule has 12 heavy (non-hydrogen) atoms. The highest BCUT2D eigenvalue weighted by atomic mass is 19.4. The van der Waals surface area contributed by atoms with Crippen LogP contribution in [0.3, 0.4) is 0 Å². The topological polar surface area (TPSA) is 0 Å². The highest BCUT2D eigenvalue weighted by molar-refractivity contribution is 5.33. The van der Waals surface area contributed by atoms with Gasteiger partial charge in [0.05, 0.1) is 5.57 Å². The number of hydrogen-bond acceptors (Lipinski definition) is 0. The number of alkyl halides is 3. The molecule has 0 aromatic heterocycles. The maximum atomic E-state index is 12.1. The van der Waals surface area contributed by atoms with Crippen molar-refractivity contribution in [3.63, 3.8) is 0 Å². The molecule has 0 bridgehead atoms. The maximum Gasteiger partial charge on any atom is 0.416 e. The van der Waals surface area contributed by atoms with Gasteiger partial charge in [-0.2, -0.15) is 13.2 Å². The van der Waals surface area contributed by atoms with Gasteiger partial charge in [0, 0.05) is 0 Å². The zero-order valence-electron chi connectivity index (χ0n) is 6.65. The average molecular weight is 174 g/mol. The van der Waals surface area contributed by atoms with Crippen molar-refractivity contribution < 1.29 is 13.2 Å². The molecule has 0 nitrogen and oxygen atoms in total. The average Bonchev–Trinajstić information content (AvgIpc) is 2.11. The van der Waals surface area contributed by atoms with E-state index in [2.05, 4.69) is 0 Å². The van der Waals surface area contributed by atoms with E-state index < -0.39 is 11.7 Å². The predicted molar refractivity (Wildman–Crippen MR) is 41.7 cm³/mol. The summed E-state index contributed by atoms with van der Waals surface area (Å²) in [6.45, 7) is 1.78. The van der Waals surface area contributed by atoms with Crippen LogP contribution in [0.25, 0.3) is 0 Å². The third kappa shape index (κ3) is 2.26. The smallest absolute Gasteiger partial charge is 0.166 e. The van der Waals surface area contributed by atoms with Gasteiger partial charge in [-0.15, -0.1) is 0 Å². The summed E-state index contributed by atoms with van der Waals surface area (Å²) in [5.74, 6) is 0. The van der Waals surface area contributed by atoms with Gasteiger partial charge in [0.15, 0.2) is 0 Å². The molecule has 0 saturated carbocycles. The first-order valence-corrected chi connectivity index (χ1v) is 3.62. The molecule has 3 heteroatoms. The lowest BCUT2D eigenvalue weighted by Crippen LogP contribution is -2.09. The van der Waals surface area contributed by atoms with E-state index in [1.807, 2.05) is 0 Å². The van der Waals surface area contributed by atoms with Crippen LogP contribution in [0.2, 0.25) is 0 Å².